The monoisotopic (exact) mass is 424 g/mol. The SMILES string of the molecule is COC1CC2CCC(NC(C)=O)C3CC4NC(N)NC4CCC3C2C(OC)C1OC. The third kappa shape index (κ3) is 4.14. The smallest absolute Gasteiger partial charge is 0.217 e. The fourth-order valence-electron chi connectivity index (χ4n) is 7.30. The second-order valence-corrected chi connectivity index (χ2v) is 9.80. The van der Waals surface area contributed by atoms with Gasteiger partial charge in [0.25, 0.3) is 0 Å². The van der Waals surface area contributed by atoms with Crippen LogP contribution in [0.2, 0.25) is 0 Å². The Morgan fingerprint density at radius 2 is 1.63 bits per heavy atom. The largest absolute Gasteiger partial charge is 0.379 e. The van der Waals surface area contributed by atoms with Crippen LogP contribution < -0.4 is 21.7 Å². The Bertz CT molecular complexity index is 608. The number of hydrogen-bond donors (Lipinski definition) is 4. The molecule has 4 fully saturated rings. The van der Waals surface area contributed by atoms with Crippen LogP contribution in [-0.4, -0.2) is 70.0 Å². The average Bonchev–Trinajstić information content (AvgIpc) is 2.90. The van der Waals surface area contributed by atoms with Crippen molar-refractivity contribution in [3.63, 3.8) is 0 Å². The van der Waals surface area contributed by atoms with Gasteiger partial charge in [0.15, 0.2) is 0 Å². The molecule has 0 aromatic heterocycles. The molecule has 8 nitrogen and oxygen atoms in total. The molecule has 3 saturated carbocycles. The summed E-state index contributed by atoms with van der Waals surface area (Å²) in [6.07, 6.45) is 6.13. The van der Waals surface area contributed by atoms with E-state index in [-0.39, 0.29) is 36.6 Å². The lowest BCUT2D eigenvalue weighted by atomic mass is 9.64. The standard InChI is InChI=1S/C22H40N4O4/c1-11(27)24-15-7-5-12-9-18(28-2)20(29-3)21(30-4)19(12)13-6-8-16-17(10-14(13)15)26-22(23)25-16/h12-22,25-26H,5-10,23H2,1-4H3,(H,24,27). The summed E-state index contributed by atoms with van der Waals surface area (Å²) in [5.74, 6) is 1.85. The molecular formula is C22H40N4O4. The molecule has 4 aliphatic rings. The van der Waals surface area contributed by atoms with Gasteiger partial charge in [-0.3, -0.25) is 15.4 Å². The van der Waals surface area contributed by atoms with Crippen LogP contribution in [0.4, 0.5) is 0 Å². The first kappa shape index (κ1) is 22.4. The van der Waals surface area contributed by atoms with E-state index in [0.29, 0.717) is 35.8 Å². The molecule has 11 unspecified atom stereocenters. The van der Waals surface area contributed by atoms with Crippen LogP contribution in [0, 0.1) is 23.7 Å². The van der Waals surface area contributed by atoms with Crippen molar-refractivity contribution in [1.82, 2.24) is 16.0 Å². The van der Waals surface area contributed by atoms with Crippen molar-refractivity contribution >= 4 is 5.91 Å². The van der Waals surface area contributed by atoms with Crippen molar-refractivity contribution in [1.29, 1.82) is 0 Å². The van der Waals surface area contributed by atoms with E-state index in [9.17, 15) is 4.79 Å². The molecule has 11 atom stereocenters. The van der Waals surface area contributed by atoms with Gasteiger partial charge < -0.3 is 25.3 Å². The van der Waals surface area contributed by atoms with Gasteiger partial charge >= 0.3 is 0 Å². The summed E-state index contributed by atoms with van der Waals surface area (Å²) >= 11 is 0. The van der Waals surface area contributed by atoms with Crippen molar-refractivity contribution in [3.8, 4) is 0 Å². The molecule has 0 spiro atoms. The lowest BCUT2D eigenvalue weighted by molar-refractivity contribution is -0.178. The molecule has 0 aromatic carbocycles. The van der Waals surface area contributed by atoms with Gasteiger partial charge in [0.05, 0.1) is 12.2 Å². The third-order valence-electron chi connectivity index (χ3n) is 8.40. The first-order valence-electron chi connectivity index (χ1n) is 11.6. The Hall–Kier alpha value is -0.770. The highest BCUT2D eigenvalue weighted by molar-refractivity contribution is 5.73. The van der Waals surface area contributed by atoms with Crippen LogP contribution in [0.3, 0.4) is 0 Å². The number of nitrogens with one attached hydrogen (secondary N) is 3. The van der Waals surface area contributed by atoms with Crippen molar-refractivity contribution in [2.45, 2.75) is 88.2 Å². The molecule has 8 heteroatoms. The minimum Gasteiger partial charge on any atom is -0.379 e. The molecule has 1 saturated heterocycles. The number of carbonyl (C=O) groups is 1. The Morgan fingerprint density at radius 1 is 0.900 bits per heavy atom. The van der Waals surface area contributed by atoms with Crippen LogP contribution in [0.1, 0.15) is 45.4 Å². The van der Waals surface area contributed by atoms with E-state index in [4.69, 9.17) is 19.9 Å². The van der Waals surface area contributed by atoms with Gasteiger partial charge in [-0.15, -0.1) is 0 Å². The molecule has 1 heterocycles. The first-order chi connectivity index (χ1) is 14.5. The first-order valence-corrected chi connectivity index (χ1v) is 11.6. The highest BCUT2D eigenvalue weighted by atomic mass is 16.6. The number of rotatable bonds is 4. The van der Waals surface area contributed by atoms with Crippen LogP contribution in [0.5, 0.6) is 0 Å². The van der Waals surface area contributed by atoms with Crippen LogP contribution in [0.15, 0.2) is 0 Å². The van der Waals surface area contributed by atoms with Crippen LogP contribution >= 0.6 is 0 Å². The fraction of sp³-hybridized carbons (Fsp3) is 0.955. The molecule has 1 aliphatic heterocycles. The van der Waals surface area contributed by atoms with Gasteiger partial charge in [-0.2, -0.15) is 0 Å². The zero-order valence-electron chi connectivity index (χ0n) is 18.8. The number of fused-ring (bicyclic) bond motifs is 4. The summed E-state index contributed by atoms with van der Waals surface area (Å²) in [6, 6.07) is 0.921. The van der Waals surface area contributed by atoms with Gasteiger partial charge in [-0.25, -0.2) is 0 Å². The number of amides is 1. The van der Waals surface area contributed by atoms with E-state index in [1.807, 2.05) is 7.11 Å². The van der Waals surface area contributed by atoms with E-state index < -0.39 is 0 Å². The van der Waals surface area contributed by atoms with Crippen molar-refractivity contribution in [2.24, 2.45) is 29.4 Å². The zero-order chi connectivity index (χ0) is 21.4. The molecule has 5 N–H and O–H groups in total. The molecule has 0 bridgehead atoms. The van der Waals surface area contributed by atoms with Gasteiger partial charge in [-0.05, 0) is 62.2 Å². The normalized spacial score (nSPS) is 48.6. The van der Waals surface area contributed by atoms with E-state index >= 15 is 0 Å². The van der Waals surface area contributed by atoms with Gasteiger partial charge in [0.1, 0.15) is 12.4 Å². The van der Waals surface area contributed by atoms with Crippen molar-refractivity contribution < 1.29 is 19.0 Å². The number of methoxy groups -OCH3 is 3. The van der Waals surface area contributed by atoms with Crippen LogP contribution in [0.25, 0.3) is 0 Å². The summed E-state index contributed by atoms with van der Waals surface area (Å²) < 4.78 is 17.9. The predicted molar refractivity (Wildman–Crippen MR) is 113 cm³/mol. The number of ether oxygens (including phenoxy) is 3. The van der Waals surface area contributed by atoms with E-state index in [1.54, 1.807) is 21.1 Å². The maximum Gasteiger partial charge on any atom is 0.217 e. The Kier molecular flexibility index (Phi) is 7.01. The summed E-state index contributed by atoms with van der Waals surface area (Å²) in [4.78, 5) is 12.1. The number of nitrogens with two attached hydrogens (primary N) is 1. The second-order valence-electron chi connectivity index (χ2n) is 9.80. The quantitative estimate of drug-likeness (QED) is 0.522. The highest BCUT2D eigenvalue weighted by Gasteiger charge is 2.54. The topological polar surface area (TPSA) is 107 Å². The van der Waals surface area contributed by atoms with Gasteiger partial charge in [0.2, 0.25) is 5.91 Å². The molecule has 0 aromatic rings. The summed E-state index contributed by atoms with van der Waals surface area (Å²) in [5, 5.41) is 10.4. The van der Waals surface area contributed by atoms with Crippen molar-refractivity contribution in [3.05, 3.63) is 0 Å². The molecule has 30 heavy (non-hydrogen) atoms. The minimum atomic E-state index is -0.143. The van der Waals surface area contributed by atoms with Gasteiger partial charge in [-0.1, -0.05) is 0 Å². The van der Waals surface area contributed by atoms with E-state index in [0.717, 1.165) is 38.5 Å². The maximum absolute atomic E-state index is 12.1. The fourth-order valence-corrected chi connectivity index (χ4v) is 7.30. The Morgan fingerprint density at radius 3 is 2.30 bits per heavy atom. The zero-order valence-corrected chi connectivity index (χ0v) is 18.8. The number of carbonyl (C=O) groups excluding carboxylic acids is 1. The molecule has 3 aliphatic carbocycles. The minimum absolute atomic E-state index is 0.00314. The third-order valence-corrected chi connectivity index (χ3v) is 8.40. The summed E-state index contributed by atoms with van der Waals surface area (Å²) in [7, 11) is 5.35. The van der Waals surface area contributed by atoms with E-state index in [2.05, 4.69) is 16.0 Å². The Labute approximate surface area is 180 Å². The molecule has 4 rings (SSSR count). The average molecular weight is 425 g/mol. The van der Waals surface area contributed by atoms with Crippen molar-refractivity contribution in [2.75, 3.05) is 21.3 Å². The second kappa shape index (κ2) is 9.38. The lowest BCUT2D eigenvalue weighted by Crippen LogP contribution is -2.56. The predicted octanol–water partition coefficient (Wildman–Crippen LogP) is 0.555. The summed E-state index contributed by atoms with van der Waals surface area (Å²) in [6.45, 7) is 1.64. The van der Waals surface area contributed by atoms with E-state index in [1.165, 1.54) is 0 Å². The molecule has 172 valence electrons. The molecule has 0 radical (unpaired) electrons. The number of hydrogen-bond acceptors (Lipinski definition) is 7. The molecule has 1 amide bonds. The molecular weight excluding hydrogens is 384 g/mol. The highest BCUT2D eigenvalue weighted by Crippen LogP contribution is 2.51. The lowest BCUT2D eigenvalue weighted by Gasteiger charge is -2.49. The Balaban J connectivity index is 1.68. The van der Waals surface area contributed by atoms with Gasteiger partial charge in [0, 0.05) is 46.4 Å². The maximum atomic E-state index is 12.1. The summed E-state index contributed by atoms with van der Waals surface area (Å²) in [5.41, 5.74) is 6.13. The van der Waals surface area contributed by atoms with Crippen LogP contribution in [-0.2, 0) is 19.0 Å².